The van der Waals surface area contributed by atoms with Crippen molar-refractivity contribution >= 4 is 17.5 Å². The number of rotatable bonds is 5. The largest absolute Gasteiger partial charge is 0.350 e. The molecule has 0 aromatic heterocycles. The Morgan fingerprint density at radius 3 is 3.00 bits per heavy atom. The van der Waals surface area contributed by atoms with Crippen molar-refractivity contribution in [1.82, 2.24) is 5.32 Å². The van der Waals surface area contributed by atoms with Gasteiger partial charge in [-0.15, -0.1) is 0 Å². The molecule has 0 bridgehead atoms. The van der Waals surface area contributed by atoms with Crippen molar-refractivity contribution in [3.05, 3.63) is 42.5 Å². The summed E-state index contributed by atoms with van der Waals surface area (Å²) in [5.41, 5.74) is 1.70. The van der Waals surface area contributed by atoms with Crippen LogP contribution in [0.3, 0.4) is 0 Å². The molecule has 2 fully saturated rings. The Morgan fingerprint density at radius 2 is 2.23 bits per heavy atom. The lowest BCUT2D eigenvalue weighted by Crippen LogP contribution is -2.40. The first kappa shape index (κ1) is 14.8. The molecule has 2 aliphatic carbocycles. The second kappa shape index (κ2) is 5.95. The first-order valence-corrected chi connectivity index (χ1v) is 7.95. The van der Waals surface area contributed by atoms with Crippen LogP contribution in [-0.2, 0) is 16.0 Å². The van der Waals surface area contributed by atoms with Crippen molar-refractivity contribution < 1.29 is 9.59 Å². The molecule has 0 saturated heterocycles. The van der Waals surface area contributed by atoms with E-state index in [2.05, 4.69) is 17.2 Å². The number of fused-ring (bicyclic) bond motifs is 1. The van der Waals surface area contributed by atoms with Crippen molar-refractivity contribution in [2.24, 2.45) is 5.92 Å². The smallest absolute Gasteiger partial charge is 0.247 e. The second-order valence-corrected chi connectivity index (χ2v) is 6.42. The molecule has 4 heteroatoms. The number of carbonyl (C=O) groups excluding carboxylic acids is 2. The van der Waals surface area contributed by atoms with Gasteiger partial charge in [0.25, 0.3) is 0 Å². The predicted molar refractivity (Wildman–Crippen MR) is 86.4 cm³/mol. The van der Waals surface area contributed by atoms with Crippen LogP contribution < -0.4 is 10.6 Å². The van der Waals surface area contributed by atoms with Gasteiger partial charge in [-0.1, -0.05) is 31.6 Å². The van der Waals surface area contributed by atoms with E-state index in [-0.39, 0.29) is 17.4 Å². The summed E-state index contributed by atoms with van der Waals surface area (Å²) in [6.07, 6.45) is 7.63. The van der Waals surface area contributed by atoms with Gasteiger partial charge in [0.05, 0.1) is 6.42 Å². The van der Waals surface area contributed by atoms with E-state index in [1.165, 1.54) is 25.3 Å². The molecule has 3 rings (SSSR count). The van der Waals surface area contributed by atoms with Crippen LogP contribution in [-0.4, -0.2) is 17.4 Å². The molecule has 116 valence electrons. The molecule has 2 N–H and O–H groups in total. The summed E-state index contributed by atoms with van der Waals surface area (Å²) in [5.74, 6) is 0.531. The van der Waals surface area contributed by atoms with Gasteiger partial charge in [0.15, 0.2) is 0 Å². The molecule has 0 spiro atoms. The maximum atomic E-state index is 12.3. The fourth-order valence-electron chi connectivity index (χ4n) is 3.57. The highest BCUT2D eigenvalue weighted by atomic mass is 16.2. The molecule has 2 amide bonds. The first-order valence-electron chi connectivity index (χ1n) is 7.95. The number of anilines is 1. The standard InChI is InChI=1S/C18H22N2O2/c1-2-16(21)19-15-8-5-6-13(10-15)11-17(22)20-18-9-4-3-7-14(18)12-18/h2,5-6,8,10,14H,1,3-4,7,9,11-12H2,(H,19,21)(H,20,22). The van der Waals surface area contributed by atoms with E-state index in [0.29, 0.717) is 18.0 Å². The van der Waals surface area contributed by atoms with Crippen LogP contribution in [0.4, 0.5) is 5.69 Å². The zero-order chi connectivity index (χ0) is 15.6. The van der Waals surface area contributed by atoms with Crippen LogP contribution in [0.25, 0.3) is 0 Å². The molecular weight excluding hydrogens is 276 g/mol. The molecule has 0 heterocycles. The van der Waals surface area contributed by atoms with Crippen molar-refractivity contribution in [2.45, 2.75) is 44.1 Å². The van der Waals surface area contributed by atoms with Crippen molar-refractivity contribution in [3.8, 4) is 0 Å². The lowest BCUT2D eigenvalue weighted by Gasteiger charge is -2.23. The number of hydrogen-bond donors (Lipinski definition) is 2. The van der Waals surface area contributed by atoms with E-state index < -0.39 is 0 Å². The summed E-state index contributed by atoms with van der Waals surface area (Å²) in [5, 5.41) is 5.96. The minimum Gasteiger partial charge on any atom is -0.350 e. The zero-order valence-corrected chi connectivity index (χ0v) is 12.7. The Morgan fingerprint density at radius 1 is 1.36 bits per heavy atom. The average Bonchev–Trinajstić information content (AvgIpc) is 3.21. The average molecular weight is 298 g/mol. The molecule has 2 aliphatic rings. The molecule has 22 heavy (non-hydrogen) atoms. The zero-order valence-electron chi connectivity index (χ0n) is 12.7. The van der Waals surface area contributed by atoms with Crippen molar-refractivity contribution in [1.29, 1.82) is 0 Å². The van der Waals surface area contributed by atoms with Gasteiger partial charge in [-0.25, -0.2) is 0 Å². The Bertz CT molecular complexity index is 611. The maximum Gasteiger partial charge on any atom is 0.247 e. The Balaban J connectivity index is 1.58. The summed E-state index contributed by atoms with van der Waals surface area (Å²) in [6.45, 7) is 3.43. The van der Waals surface area contributed by atoms with Crippen LogP contribution in [0, 0.1) is 5.92 Å². The lowest BCUT2D eigenvalue weighted by molar-refractivity contribution is -0.121. The van der Waals surface area contributed by atoms with Crippen molar-refractivity contribution in [3.63, 3.8) is 0 Å². The third-order valence-corrected chi connectivity index (χ3v) is 4.79. The fourth-order valence-corrected chi connectivity index (χ4v) is 3.57. The fraction of sp³-hybridized carbons (Fsp3) is 0.444. The van der Waals surface area contributed by atoms with Gasteiger partial charge in [0, 0.05) is 11.2 Å². The molecule has 2 saturated carbocycles. The van der Waals surface area contributed by atoms with E-state index in [9.17, 15) is 9.59 Å². The normalized spacial score (nSPS) is 25.7. The Hall–Kier alpha value is -2.10. The molecule has 2 atom stereocenters. The van der Waals surface area contributed by atoms with Crippen LogP contribution in [0.1, 0.15) is 37.7 Å². The summed E-state index contributed by atoms with van der Waals surface area (Å²) in [6, 6.07) is 7.40. The summed E-state index contributed by atoms with van der Waals surface area (Å²) in [4.78, 5) is 23.6. The highest BCUT2D eigenvalue weighted by Crippen LogP contribution is 2.53. The third-order valence-electron chi connectivity index (χ3n) is 4.79. The highest BCUT2D eigenvalue weighted by Gasteiger charge is 2.55. The van der Waals surface area contributed by atoms with Crippen LogP contribution in [0.15, 0.2) is 36.9 Å². The number of amides is 2. The van der Waals surface area contributed by atoms with Crippen LogP contribution >= 0.6 is 0 Å². The number of hydrogen-bond acceptors (Lipinski definition) is 2. The molecule has 0 aliphatic heterocycles. The third kappa shape index (κ3) is 3.21. The topological polar surface area (TPSA) is 58.2 Å². The maximum absolute atomic E-state index is 12.3. The van der Waals surface area contributed by atoms with Gasteiger partial charge in [0.2, 0.25) is 11.8 Å². The van der Waals surface area contributed by atoms with Gasteiger partial charge in [-0.2, -0.15) is 0 Å². The summed E-state index contributed by atoms with van der Waals surface area (Å²) in [7, 11) is 0. The van der Waals surface area contributed by atoms with Gasteiger partial charge in [0.1, 0.15) is 0 Å². The number of carbonyl (C=O) groups is 2. The molecule has 1 aromatic rings. The van der Waals surface area contributed by atoms with Gasteiger partial charge in [-0.05, 0) is 49.0 Å². The van der Waals surface area contributed by atoms with Crippen LogP contribution in [0.5, 0.6) is 0 Å². The summed E-state index contributed by atoms with van der Waals surface area (Å²) >= 11 is 0. The molecule has 4 nitrogen and oxygen atoms in total. The van der Waals surface area contributed by atoms with E-state index in [0.717, 1.165) is 18.4 Å². The monoisotopic (exact) mass is 298 g/mol. The van der Waals surface area contributed by atoms with E-state index in [1.807, 2.05) is 18.2 Å². The predicted octanol–water partition coefficient (Wildman–Crippen LogP) is 2.80. The van der Waals surface area contributed by atoms with E-state index >= 15 is 0 Å². The van der Waals surface area contributed by atoms with E-state index in [4.69, 9.17) is 0 Å². The number of nitrogens with one attached hydrogen (secondary N) is 2. The first-order chi connectivity index (χ1) is 10.6. The number of benzene rings is 1. The summed E-state index contributed by atoms with van der Waals surface area (Å²) < 4.78 is 0. The second-order valence-electron chi connectivity index (χ2n) is 6.42. The molecule has 1 aromatic carbocycles. The molecule has 0 radical (unpaired) electrons. The Labute approximate surface area is 131 Å². The lowest BCUT2D eigenvalue weighted by atomic mass is 9.95. The highest BCUT2D eigenvalue weighted by molar-refractivity contribution is 5.98. The van der Waals surface area contributed by atoms with Crippen molar-refractivity contribution in [2.75, 3.05) is 5.32 Å². The van der Waals surface area contributed by atoms with Crippen LogP contribution in [0.2, 0.25) is 0 Å². The molecular formula is C18H22N2O2. The Kier molecular flexibility index (Phi) is 4.01. The van der Waals surface area contributed by atoms with Gasteiger partial charge < -0.3 is 10.6 Å². The minimum absolute atomic E-state index is 0.0802. The quantitative estimate of drug-likeness (QED) is 0.821. The minimum atomic E-state index is -0.247. The molecule has 2 unspecified atom stereocenters. The van der Waals surface area contributed by atoms with E-state index in [1.54, 1.807) is 6.07 Å². The van der Waals surface area contributed by atoms with Gasteiger partial charge in [-0.3, -0.25) is 9.59 Å². The van der Waals surface area contributed by atoms with Gasteiger partial charge >= 0.3 is 0 Å². The SMILES string of the molecule is C=CC(=O)Nc1cccc(CC(=O)NC23CCCCC2C3)c1.